The first-order chi connectivity index (χ1) is 17.3. The van der Waals surface area contributed by atoms with Gasteiger partial charge < -0.3 is 9.47 Å². The predicted molar refractivity (Wildman–Crippen MR) is 136 cm³/mol. The maximum Gasteiger partial charge on any atom is 0.337 e. The summed E-state index contributed by atoms with van der Waals surface area (Å²) in [7, 11) is 1.32. The van der Waals surface area contributed by atoms with Crippen LogP contribution in [0.1, 0.15) is 34.1 Å². The van der Waals surface area contributed by atoms with Gasteiger partial charge in [0.1, 0.15) is 18.2 Å². The molecule has 0 radical (unpaired) electrons. The SMILES string of the molecule is COC(=O)c1cccc(N(C(C)=O)n2c(C)ccc2-c2cc(C)ccc2OCc2ccc(F)cc2)c1. The van der Waals surface area contributed by atoms with Crippen LogP contribution in [0, 0.1) is 19.7 Å². The van der Waals surface area contributed by atoms with E-state index in [0.717, 1.165) is 28.1 Å². The number of aromatic nitrogens is 1. The van der Waals surface area contributed by atoms with Crippen molar-refractivity contribution in [3.05, 3.63) is 107 Å². The van der Waals surface area contributed by atoms with Gasteiger partial charge >= 0.3 is 5.97 Å². The number of carbonyl (C=O) groups excluding carboxylic acids is 2. The van der Waals surface area contributed by atoms with Crippen LogP contribution < -0.4 is 9.75 Å². The fourth-order valence-electron chi connectivity index (χ4n) is 4.03. The topological polar surface area (TPSA) is 60.8 Å². The van der Waals surface area contributed by atoms with E-state index in [-0.39, 0.29) is 18.3 Å². The number of anilines is 1. The van der Waals surface area contributed by atoms with Crippen LogP contribution in [0.25, 0.3) is 11.3 Å². The molecule has 3 aromatic carbocycles. The van der Waals surface area contributed by atoms with Gasteiger partial charge in [-0.1, -0.05) is 29.8 Å². The molecule has 7 heteroatoms. The van der Waals surface area contributed by atoms with Gasteiger partial charge in [0.2, 0.25) is 5.91 Å². The molecule has 0 fully saturated rings. The summed E-state index contributed by atoms with van der Waals surface area (Å²) in [5, 5.41) is 1.52. The number of ether oxygens (including phenoxy) is 2. The second kappa shape index (κ2) is 10.5. The van der Waals surface area contributed by atoms with E-state index >= 15 is 0 Å². The van der Waals surface area contributed by atoms with Crippen LogP contribution >= 0.6 is 0 Å². The number of rotatable bonds is 7. The van der Waals surface area contributed by atoms with Crippen molar-refractivity contribution < 1.29 is 23.5 Å². The van der Waals surface area contributed by atoms with E-state index in [2.05, 4.69) is 0 Å². The minimum Gasteiger partial charge on any atom is -0.488 e. The van der Waals surface area contributed by atoms with Crippen LogP contribution in [0.3, 0.4) is 0 Å². The molecule has 4 aromatic rings. The molecule has 1 aromatic heterocycles. The van der Waals surface area contributed by atoms with Gasteiger partial charge in [0.15, 0.2) is 0 Å². The van der Waals surface area contributed by atoms with Crippen LogP contribution in [0.2, 0.25) is 0 Å². The summed E-state index contributed by atoms with van der Waals surface area (Å²) in [5.41, 5.74) is 5.06. The lowest BCUT2D eigenvalue weighted by Gasteiger charge is -2.27. The summed E-state index contributed by atoms with van der Waals surface area (Å²) in [4.78, 5) is 25.1. The van der Waals surface area contributed by atoms with E-state index < -0.39 is 5.97 Å². The minimum atomic E-state index is -0.486. The van der Waals surface area contributed by atoms with E-state index in [0.29, 0.717) is 17.0 Å². The van der Waals surface area contributed by atoms with Crippen molar-refractivity contribution in [3.8, 4) is 17.0 Å². The van der Waals surface area contributed by atoms with Gasteiger partial charge in [-0.25, -0.2) is 14.2 Å². The summed E-state index contributed by atoms with van der Waals surface area (Å²) in [5.74, 6) is -0.404. The highest BCUT2D eigenvalue weighted by molar-refractivity contribution is 5.95. The fourth-order valence-corrected chi connectivity index (χ4v) is 4.03. The minimum absolute atomic E-state index is 0.237. The van der Waals surface area contributed by atoms with Crippen molar-refractivity contribution in [3.63, 3.8) is 0 Å². The van der Waals surface area contributed by atoms with Gasteiger partial charge in [0, 0.05) is 18.2 Å². The lowest BCUT2D eigenvalue weighted by molar-refractivity contribution is -0.117. The molecule has 0 saturated heterocycles. The molecule has 6 nitrogen and oxygen atoms in total. The lowest BCUT2D eigenvalue weighted by Crippen LogP contribution is -2.35. The van der Waals surface area contributed by atoms with Crippen LogP contribution in [-0.4, -0.2) is 23.7 Å². The van der Waals surface area contributed by atoms with E-state index in [1.807, 2.05) is 44.2 Å². The molecule has 1 amide bonds. The highest BCUT2D eigenvalue weighted by Crippen LogP contribution is 2.35. The Balaban J connectivity index is 1.78. The van der Waals surface area contributed by atoms with Crippen molar-refractivity contribution in [1.29, 1.82) is 0 Å². The normalized spacial score (nSPS) is 10.7. The number of nitrogens with zero attached hydrogens (tertiary/aromatic N) is 2. The van der Waals surface area contributed by atoms with Crippen LogP contribution in [0.15, 0.2) is 78.9 Å². The standard InChI is InChI=1S/C29H27FN2O4/c1-19-8-15-28(36-18-22-10-12-24(30)13-11-22)26(16-19)27-14-9-20(2)31(27)32(21(3)33)25-7-5-6-23(17-25)29(34)35-4/h5-17H,18H2,1-4H3. The highest BCUT2D eigenvalue weighted by atomic mass is 19.1. The molecule has 0 unspecified atom stereocenters. The summed E-state index contributed by atoms with van der Waals surface area (Å²) >= 11 is 0. The Morgan fingerprint density at radius 1 is 0.944 bits per heavy atom. The Morgan fingerprint density at radius 2 is 1.69 bits per heavy atom. The first kappa shape index (κ1) is 24.7. The summed E-state index contributed by atoms with van der Waals surface area (Å²) in [6.07, 6.45) is 0. The maximum atomic E-state index is 13.3. The molecule has 0 bridgehead atoms. The van der Waals surface area contributed by atoms with E-state index in [1.54, 1.807) is 41.1 Å². The highest BCUT2D eigenvalue weighted by Gasteiger charge is 2.22. The van der Waals surface area contributed by atoms with Gasteiger partial charge in [0.25, 0.3) is 0 Å². The third-order valence-corrected chi connectivity index (χ3v) is 5.77. The van der Waals surface area contributed by atoms with Gasteiger partial charge in [-0.05, 0) is 74.0 Å². The number of hydrogen-bond acceptors (Lipinski definition) is 4. The van der Waals surface area contributed by atoms with Crippen molar-refractivity contribution in [2.24, 2.45) is 0 Å². The van der Waals surface area contributed by atoms with Gasteiger partial charge in [-0.2, -0.15) is 0 Å². The zero-order valence-corrected chi connectivity index (χ0v) is 20.6. The largest absolute Gasteiger partial charge is 0.488 e. The Bertz CT molecular complexity index is 1410. The number of benzene rings is 3. The van der Waals surface area contributed by atoms with Gasteiger partial charge in [-0.3, -0.25) is 9.47 Å². The molecule has 36 heavy (non-hydrogen) atoms. The predicted octanol–water partition coefficient (Wildman–Crippen LogP) is 6.09. The first-order valence-electron chi connectivity index (χ1n) is 11.4. The zero-order chi connectivity index (χ0) is 25.8. The molecular formula is C29H27FN2O4. The van der Waals surface area contributed by atoms with E-state index in [4.69, 9.17) is 9.47 Å². The first-order valence-corrected chi connectivity index (χ1v) is 11.4. The zero-order valence-electron chi connectivity index (χ0n) is 20.6. The Morgan fingerprint density at radius 3 is 2.39 bits per heavy atom. The van der Waals surface area contributed by atoms with E-state index in [9.17, 15) is 14.0 Å². The lowest BCUT2D eigenvalue weighted by atomic mass is 10.1. The number of halogens is 1. The third-order valence-electron chi connectivity index (χ3n) is 5.77. The summed E-state index contributed by atoms with van der Waals surface area (Å²) < 4.78 is 26.1. The molecule has 4 rings (SSSR count). The van der Waals surface area contributed by atoms with Crippen molar-refractivity contribution in [1.82, 2.24) is 4.68 Å². The molecule has 184 valence electrons. The monoisotopic (exact) mass is 486 g/mol. The van der Waals surface area contributed by atoms with Crippen LogP contribution in [0.4, 0.5) is 10.1 Å². The fraction of sp³-hybridized carbons (Fsp3) is 0.172. The van der Waals surface area contributed by atoms with Crippen molar-refractivity contribution >= 4 is 17.6 Å². The maximum absolute atomic E-state index is 13.3. The molecule has 0 aliphatic carbocycles. The van der Waals surface area contributed by atoms with Crippen LogP contribution in [0.5, 0.6) is 5.75 Å². The second-order valence-electron chi connectivity index (χ2n) is 8.46. The number of carbonyl (C=O) groups is 2. The van der Waals surface area contributed by atoms with Crippen molar-refractivity contribution in [2.45, 2.75) is 27.4 Å². The molecule has 0 N–H and O–H groups in total. The van der Waals surface area contributed by atoms with Crippen molar-refractivity contribution in [2.75, 3.05) is 12.1 Å². The number of hydrogen-bond donors (Lipinski definition) is 0. The molecule has 0 spiro atoms. The quantitative estimate of drug-likeness (QED) is 0.297. The summed E-state index contributed by atoms with van der Waals surface area (Å²) in [6, 6.07) is 22.6. The Labute approximate surface area is 209 Å². The number of methoxy groups -OCH3 is 1. The van der Waals surface area contributed by atoms with E-state index in [1.165, 1.54) is 31.2 Å². The molecule has 1 heterocycles. The Kier molecular flexibility index (Phi) is 7.20. The molecular weight excluding hydrogens is 459 g/mol. The molecule has 0 aliphatic heterocycles. The van der Waals surface area contributed by atoms with Gasteiger partial charge in [0.05, 0.1) is 24.1 Å². The number of esters is 1. The van der Waals surface area contributed by atoms with Crippen LogP contribution in [-0.2, 0) is 16.1 Å². The Hall–Kier alpha value is -4.39. The number of amides is 1. The molecule has 0 atom stereocenters. The molecule has 0 aliphatic rings. The average molecular weight is 487 g/mol. The van der Waals surface area contributed by atoms with Gasteiger partial charge in [-0.15, -0.1) is 0 Å². The second-order valence-corrected chi connectivity index (χ2v) is 8.46. The molecule has 0 saturated carbocycles. The third kappa shape index (κ3) is 5.15. The smallest absolute Gasteiger partial charge is 0.337 e. The summed E-state index contributed by atoms with van der Waals surface area (Å²) in [6.45, 7) is 5.61. The number of aryl methyl sites for hydroxylation is 2. The average Bonchev–Trinajstić information content (AvgIpc) is 3.24.